The van der Waals surface area contributed by atoms with Gasteiger partial charge in [-0.3, -0.25) is 9.36 Å². The van der Waals surface area contributed by atoms with Gasteiger partial charge in [-0.25, -0.2) is 9.78 Å². The number of carbonyl (C=O) groups is 2. The second-order valence-electron chi connectivity index (χ2n) is 5.25. The summed E-state index contributed by atoms with van der Waals surface area (Å²) in [5.41, 5.74) is 5.44. The zero-order valence-corrected chi connectivity index (χ0v) is 12.8. The number of imidazole rings is 1. The van der Waals surface area contributed by atoms with Gasteiger partial charge in [0.15, 0.2) is 5.54 Å². The summed E-state index contributed by atoms with van der Waals surface area (Å²) in [5.74, 6) is -0.673. The van der Waals surface area contributed by atoms with Crippen LogP contribution >= 0.6 is 0 Å². The van der Waals surface area contributed by atoms with Crippen LogP contribution in [0.5, 0.6) is 0 Å². The predicted molar refractivity (Wildman–Crippen MR) is 89.0 cm³/mol. The van der Waals surface area contributed by atoms with E-state index in [1.54, 1.807) is 48.5 Å². The number of benzene rings is 2. The highest BCUT2D eigenvalue weighted by atomic mass is 16.2. The molecule has 1 heterocycles. The number of carbonyl (C=O) groups excluding carboxylic acids is 2. The molecule has 3 aromatic rings. The van der Waals surface area contributed by atoms with Crippen molar-refractivity contribution in [3.05, 3.63) is 90.5 Å². The molecule has 120 valence electrons. The lowest BCUT2D eigenvalue weighted by Crippen LogP contribution is -2.56. The molecule has 0 unspecified atom stereocenters. The van der Waals surface area contributed by atoms with E-state index >= 15 is 0 Å². The minimum absolute atomic E-state index is 0.501. The van der Waals surface area contributed by atoms with Crippen LogP contribution in [-0.4, -0.2) is 21.5 Å². The Balaban J connectivity index is 2.16. The summed E-state index contributed by atoms with van der Waals surface area (Å²) < 4.78 is 1.25. The highest BCUT2D eigenvalue weighted by molar-refractivity contribution is 5.95. The normalized spacial score (nSPS) is 11.0. The molecule has 1 aromatic heterocycles. The fourth-order valence-corrected chi connectivity index (χ4v) is 2.64. The van der Waals surface area contributed by atoms with Gasteiger partial charge in [-0.15, -0.1) is 0 Å². The molecule has 3 N–H and O–H groups in total. The molecule has 6 nitrogen and oxygen atoms in total. The summed E-state index contributed by atoms with van der Waals surface area (Å²) in [6.07, 6.45) is 4.34. The lowest BCUT2D eigenvalue weighted by atomic mass is 9.82. The SMILES string of the molecule is NC(=O)C(NC(=O)n1ccnc1)(c1ccccc1)c1ccccc1. The second kappa shape index (κ2) is 6.37. The largest absolute Gasteiger partial charge is 0.367 e. The first-order valence-corrected chi connectivity index (χ1v) is 7.36. The first kappa shape index (κ1) is 15.5. The number of nitrogens with zero attached hydrogens (tertiary/aromatic N) is 2. The molecule has 2 amide bonds. The molecule has 0 saturated heterocycles. The van der Waals surface area contributed by atoms with Crippen LogP contribution in [0, 0.1) is 0 Å². The number of rotatable bonds is 4. The van der Waals surface area contributed by atoms with E-state index in [4.69, 9.17) is 5.73 Å². The average Bonchev–Trinajstić information content (AvgIpc) is 3.15. The van der Waals surface area contributed by atoms with E-state index in [1.807, 2.05) is 12.1 Å². The van der Waals surface area contributed by atoms with E-state index < -0.39 is 17.5 Å². The Labute approximate surface area is 138 Å². The standard InChI is InChI=1S/C18H16N4O2/c19-16(23)18(14-7-3-1-4-8-14,15-9-5-2-6-10-15)21-17(24)22-12-11-20-13-22/h1-13H,(H2,19,23)(H,21,24). The zero-order chi connectivity index (χ0) is 17.0. The van der Waals surface area contributed by atoms with E-state index in [1.165, 1.54) is 23.3 Å². The summed E-state index contributed by atoms with van der Waals surface area (Å²) in [4.78, 5) is 28.9. The number of hydrogen-bond donors (Lipinski definition) is 2. The van der Waals surface area contributed by atoms with Gasteiger partial charge in [-0.1, -0.05) is 60.7 Å². The summed E-state index contributed by atoms with van der Waals surface area (Å²) in [7, 11) is 0. The van der Waals surface area contributed by atoms with Crippen LogP contribution in [0.3, 0.4) is 0 Å². The van der Waals surface area contributed by atoms with Gasteiger partial charge in [0.05, 0.1) is 0 Å². The fourth-order valence-electron chi connectivity index (χ4n) is 2.64. The number of hydrogen-bond acceptors (Lipinski definition) is 3. The van der Waals surface area contributed by atoms with E-state index in [9.17, 15) is 9.59 Å². The third-order valence-corrected chi connectivity index (χ3v) is 3.82. The van der Waals surface area contributed by atoms with Crippen molar-refractivity contribution in [1.82, 2.24) is 14.9 Å². The monoisotopic (exact) mass is 320 g/mol. The van der Waals surface area contributed by atoms with Crippen LogP contribution in [0.1, 0.15) is 11.1 Å². The van der Waals surface area contributed by atoms with Gasteiger partial charge in [-0.2, -0.15) is 0 Å². The summed E-state index contributed by atoms with van der Waals surface area (Å²) in [5, 5.41) is 2.77. The predicted octanol–water partition coefficient (Wildman–Crippen LogP) is 1.87. The van der Waals surface area contributed by atoms with E-state index in [2.05, 4.69) is 10.3 Å². The van der Waals surface area contributed by atoms with Crippen LogP contribution in [0.4, 0.5) is 4.79 Å². The highest BCUT2D eigenvalue weighted by Crippen LogP contribution is 2.29. The molecular formula is C18H16N4O2. The Morgan fingerprint density at radius 3 is 1.92 bits per heavy atom. The molecule has 0 atom stereocenters. The van der Waals surface area contributed by atoms with Crippen molar-refractivity contribution in [2.75, 3.05) is 0 Å². The average molecular weight is 320 g/mol. The maximum absolute atomic E-state index is 12.6. The maximum atomic E-state index is 12.6. The van der Waals surface area contributed by atoms with Crippen LogP contribution < -0.4 is 11.1 Å². The van der Waals surface area contributed by atoms with Crippen molar-refractivity contribution >= 4 is 11.9 Å². The summed E-state index contributed by atoms with van der Waals surface area (Å²) in [6, 6.07) is 17.3. The second-order valence-corrected chi connectivity index (χ2v) is 5.25. The summed E-state index contributed by atoms with van der Waals surface area (Å²) >= 11 is 0. The van der Waals surface area contributed by atoms with Crippen LogP contribution in [-0.2, 0) is 10.3 Å². The number of aromatic nitrogens is 2. The number of primary amides is 1. The molecule has 0 fully saturated rings. The highest BCUT2D eigenvalue weighted by Gasteiger charge is 2.42. The van der Waals surface area contributed by atoms with Gasteiger partial charge in [0, 0.05) is 12.4 Å². The van der Waals surface area contributed by atoms with Gasteiger partial charge in [0.25, 0.3) is 5.91 Å². The molecule has 0 radical (unpaired) electrons. The number of amides is 2. The molecular weight excluding hydrogens is 304 g/mol. The quantitative estimate of drug-likeness (QED) is 0.769. The molecule has 6 heteroatoms. The van der Waals surface area contributed by atoms with Gasteiger partial charge in [0.2, 0.25) is 0 Å². The Hall–Kier alpha value is -3.41. The van der Waals surface area contributed by atoms with Crippen molar-refractivity contribution < 1.29 is 9.59 Å². The minimum atomic E-state index is -1.48. The molecule has 0 bridgehead atoms. The van der Waals surface area contributed by atoms with E-state index in [0.29, 0.717) is 11.1 Å². The van der Waals surface area contributed by atoms with Crippen molar-refractivity contribution in [3.8, 4) is 0 Å². The molecule has 0 aliphatic heterocycles. The Kier molecular flexibility index (Phi) is 4.11. The molecule has 0 spiro atoms. The lowest BCUT2D eigenvalue weighted by molar-refractivity contribution is -0.122. The Morgan fingerprint density at radius 1 is 0.958 bits per heavy atom. The molecule has 0 aliphatic rings. The van der Waals surface area contributed by atoms with Gasteiger partial charge < -0.3 is 11.1 Å². The van der Waals surface area contributed by atoms with Crippen molar-refractivity contribution in [3.63, 3.8) is 0 Å². The van der Waals surface area contributed by atoms with Crippen LogP contribution in [0.15, 0.2) is 79.4 Å². The van der Waals surface area contributed by atoms with E-state index in [0.717, 1.165) is 0 Å². The van der Waals surface area contributed by atoms with Crippen LogP contribution in [0.25, 0.3) is 0 Å². The van der Waals surface area contributed by atoms with Crippen LogP contribution in [0.2, 0.25) is 0 Å². The van der Waals surface area contributed by atoms with Gasteiger partial charge >= 0.3 is 6.03 Å². The number of nitrogens with one attached hydrogen (secondary N) is 1. The molecule has 0 aliphatic carbocycles. The molecule has 3 rings (SSSR count). The minimum Gasteiger partial charge on any atom is -0.367 e. The Bertz CT molecular complexity index is 790. The topological polar surface area (TPSA) is 90.0 Å². The third kappa shape index (κ3) is 2.65. The first-order valence-electron chi connectivity index (χ1n) is 7.36. The zero-order valence-electron chi connectivity index (χ0n) is 12.8. The maximum Gasteiger partial charge on any atom is 0.328 e. The molecule has 2 aromatic carbocycles. The number of nitrogens with two attached hydrogens (primary N) is 1. The van der Waals surface area contributed by atoms with Gasteiger partial charge in [-0.05, 0) is 11.1 Å². The summed E-state index contributed by atoms with van der Waals surface area (Å²) in [6.45, 7) is 0. The van der Waals surface area contributed by atoms with E-state index in [-0.39, 0.29) is 0 Å². The molecule has 24 heavy (non-hydrogen) atoms. The molecule has 0 saturated carbocycles. The first-order chi connectivity index (χ1) is 11.6. The third-order valence-electron chi connectivity index (χ3n) is 3.82. The smallest absolute Gasteiger partial charge is 0.328 e. The fraction of sp³-hybridized carbons (Fsp3) is 0.0556. The Morgan fingerprint density at radius 2 is 1.50 bits per heavy atom. The van der Waals surface area contributed by atoms with Crippen molar-refractivity contribution in [2.45, 2.75) is 5.54 Å². The van der Waals surface area contributed by atoms with Crippen molar-refractivity contribution in [1.29, 1.82) is 0 Å². The lowest BCUT2D eigenvalue weighted by Gasteiger charge is -2.32. The van der Waals surface area contributed by atoms with Gasteiger partial charge in [0.1, 0.15) is 6.33 Å². The van der Waals surface area contributed by atoms with Crippen molar-refractivity contribution in [2.24, 2.45) is 5.73 Å².